The summed E-state index contributed by atoms with van der Waals surface area (Å²) in [5.41, 5.74) is 0.806. The van der Waals surface area contributed by atoms with Crippen molar-refractivity contribution in [1.29, 1.82) is 5.26 Å². The first-order chi connectivity index (χ1) is 12.2. The molecule has 0 bridgehead atoms. The maximum Gasteiger partial charge on any atom is 0.252 e. The monoisotopic (exact) mass is 359 g/mol. The molecule has 1 saturated carbocycles. The Morgan fingerprint density at radius 2 is 2.20 bits per heavy atom. The normalized spacial score (nSPS) is 17.7. The highest BCUT2D eigenvalue weighted by Crippen LogP contribution is 2.41. The lowest BCUT2D eigenvalue weighted by Crippen LogP contribution is -2.22. The fraction of sp³-hybridized carbons (Fsp3) is 0.529. The van der Waals surface area contributed by atoms with Crippen LogP contribution in [0.1, 0.15) is 48.2 Å². The van der Waals surface area contributed by atoms with Crippen LogP contribution in [-0.2, 0) is 16.8 Å². The largest absolute Gasteiger partial charge is 0.381 e. The number of hydrogen-bond donors (Lipinski definition) is 1. The minimum absolute atomic E-state index is 0.128. The molecule has 0 radical (unpaired) electrons. The Balaban J connectivity index is 0.000000258. The topological polar surface area (TPSA) is 92.8 Å². The molecule has 1 aliphatic carbocycles. The Morgan fingerprint density at radius 1 is 1.40 bits per heavy atom. The van der Waals surface area contributed by atoms with Gasteiger partial charge in [0, 0.05) is 24.2 Å². The molecule has 2 aromatic rings. The quantitative estimate of drug-likeness (QED) is 0.905. The molecule has 7 nitrogen and oxygen atoms in total. The number of nitriles is 1. The Kier molecular flexibility index (Phi) is 5.79. The minimum atomic E-state index is -0.497. The van der Waals surface area contributed by atoms with Gasteiger partial charge in [-0.1, -0.05) is 5.21 Å². The van der Waals surface area contributed by atoms with E-state index in [4.69, 9.17) is 10.00 Å². The average molecular weight is 359 g/mol. The number of thiophene rings is 1. The third-order valence-corrected chi connectivity index (χ3v) is 4.89. The summed E-state index contributed by atoms with van der Waals surface area (Å²) in [6.07, 6.45) is 7.28. The van der Waals surface area contributed by atoms with E-state index in [1.165, 1.54) is 30.6 Å². The fourth-order valence-electron chi connectivity index (χ4n) is 2.45. The van der Waals surface area contributed by atoms with Crippen LogP contribution in [0, 0.1) is 11.3 Å². The molecule has 1 saturated heterocycles. The molecule has 1 amide bonds. The van der Waals surface area contributed by atoms with E-state index >= 15 is 0 Å². The van der Waals surface area contributed by atoms with Gasteiger partial charge in [0.1, 0.15) is 5.69 Å². The van der Waals surface area contributed by atoms with Crippen LogP contribution in [0.3, 0.4) is 0 Å². The van der Waals surface area contributed by atoms with Crippen LogP contribution in [0.2, 0.25) is 0 Å². The van der Waals surface area contributed by atoms with Crippen LogP contribution in [0.25, 0.3) is 0 Å². The zero-order valence-electron chi connectivity index (χ0n) is 14.0. The van der Waals surface area contributed by atoms with Gasteiger partial charge in [-0.05, 0) is 43.6 Å². The number of nitrogens with zero attached hydrogens (tertiary/aromatic N) is 4. The lowest BCUT2D eigenvalue weighted by Gasteiger charge is -2.08. The van der Waals surface area contributed by atoms with E-state index in [9.17, 15) is 4.79 Å². The fourth-order valence-corrected chi connectivity index (χ4v) is 3.09. The van der Waals surface area contributed by atoms with Gasteiger partial charge in [-0.3, -0.25) is 4.79 Å². The van der Waals surface area contributed by atoms with Gasteiger partial charge in [-0.15, -0.1) is 5.10 Å². The van der Waals surface area contributed by atoms with Crippen molar-refractivity contribution < 1.29 is 9.53 Å². The summed E-state index contributed by atoms with van der Waals surface area (Å²) in [6, 6.07) is 4.01. The molecule has 0 atom stereocenters. The van der Waals surface area contributed by atoms with Gasteiger partial charge >= 0.3 is 0 Å². The van der Waals surface area contributed by atoms with E-state index < -0.39 is 5.54 Å². The van der Waals surface area contributed by atoms with E-state index in [1.54, 1.807) is 22.3 Å². The number of carbonyl (C=O) groups excluding carboxylic acids is 1. The highest BCUT2D eigenvalue weighted by Gasteiger charge is 2.46. The summed E-state index contributed by atoms with van der Waals surface area (Å²) in [5, 5.41) is 23.4. The lowest BCUT2D eigenvalue weighted by molar-refractivity contribution is 0.0950. The first-order valence-corrected chi connectivity index (χ1v) is 9.39. The van der Waals surface area contributed by atoms with Crippen molar-refractivity contribution >= 4 is 17.2 Å². The number of aromatic nitrogens is 3. The average Bonchev–Trinajstić information content (AvgIpc) is 3.07. The second-order valence-corrected chi connectivity index (χ2v) is 6.95. The van der Waals surface area contributed by atoms with E-state index in [2.05, 4.69) is 21.7 Å². The maximum atomic E-state index is 11.7. The first-order valence-electron chi connectivity index (χ1n) is 8.45. The summed E-state index contributed by atoms with van der Waals surface area (Å²) >= 11 is 1.48. The van der Waals surface area contributed by atoms with E-state index in [0.29, 0.717) is 17.8 Å². The zero-order valence-corrected chi connectivity index (χ0v) is 14.8. The van der Waals surface area contributed by atoms with Gasteiger partial charge < -0.3 is 10.1 Å². The van der Waals surface area contributed by atoms with Gasteiger partial charge in [0.25, 0.3) is 5.91 Å². The van der Waals surface area contributed by atoms with E-state index in [0.717, 1.165) is 26.1 Å². The summed E-state index contributed by atoms with van der Waals surface area (Å²) < 4.78 is 6.67. The van der Waals surface area contributed by atoms with Crippen molar-refractivity contribution in [2.45, 2.75) is 44.2 Å². The molecule has 0 aromatic carbocycles. The van der Waals surface area contributed by atoms with Gasteiger partial charge in [0.05, 0.1) is 18.8 Å². The summed E-state index contributed by atoms with van der Waals surface area (Å²) in [7, 11) is 0. The standard InChI is InChI=1S/C12H11N5OS.C5H10O/c13-8-12(2-3-12)17-6-10(15-16-17)5-14-11(18)9-1-4-19-7-9;1-2-4-6-5-3-1/h1,4,6-7H,2-3,5H2,(H,14,18);1-5H2. The van der Waals surface area contributed by atoms with Crippen LogP contribution < -0.4 is 5.32 Å². The Bertz CT molecular complexity index is 715. The SMILES string of the molecule is C1CCOCC1.N#CC1(n2cc(CNC(=O)c3ccsc3)nn2)CC1. The number of carbonyl (C=O) groups is 1. The number of amides is 1. The number of nitrogens with one attached hydrogen (secondary N) is 1. The summed E-state index contributed by atoms with van der Waals surface area (Å²) in [4.78, 5) is 11.7. The van der Waals surface area contributed by atoms with E-state index in [1.807, 2.05) is 5.38 Å². The molecule has 0 spiro atoms. The molecule has 25 heavy (non-hydrogen) atoms. The third kappa shape index (κ3) is 4.65. The van der Waals surface area contributed by atoms with Gasteiger partial charge in [-0.2, -0.15) is 16.6 Å². The van der Waals surface area contributed by atoms with Gasteiger partial charge in [0.2, 0.25) is 0 Å². The number of hydrogen-bond acceptors (Lipinski definition) is 6. The van der Waals surface area contributed by atoms with Crippen molar-refractivity contribution in [3.8, 4) is 6.07 Å². The third-order valence-electron chi connectivity index (χ3n) is 4.20. The van der Waals surface area contributed by atoms with Crippen LogP contribution in [0.4, 0.5) is 0 Å². The van der Waals surface area contributed by atoms with Crippen molar-refractivity contribution in [3.63, 3.8) is 0 Å². The predicted molar refractivity (Wildman–Crippen MR) is 93.0 cm³/mol. The second kappa shape index (κ2) is 8.23. The second-order valence-electron chi connectivity index (χ2n) is 6.17. The van der Waals surface area contributed by atoms with Crippen LogP contribution >= 0.6 is 11.3 Å². The molecule has 8 heteroatoms. The summed E-state index contributed by atoms with van der Waals surface area (Å²) in [6.45, 7) is 2.32. The van der Waals surface area contributed by atoms with Gasteiger partial charge in [-0.25, -0.2) is 4.68 Å². The van der Waals surface area contributed by atoms with E-state index in [-0.39, 0.29) is 5.91 Å². The predicted octanol–water partition coefficient (Wildman–Crippen LogP) is 2.47. The van der Waals surface area contributed by atoms with Gasteiger partial charge in [0.15, 0.2) is 5.54 Å². The summed E-state index contributed by atoms with van der Waals surface area (Å²) in [5.74, 6) is -0.128. The molecule has 2 aromatic heterocycles. The molecule has 1 aliphatic heterocycles. The highest BCUT2D eigenvalue weighted by molar-refractivity contribution is 7.08. The molecule has 0 unspecified atom stereocenters. The molecule has 1 N–H and O–H groups in total. The smallest absolute Gasteiger partial charge is 0.252 e. The molecular formula is C17H21N5O2S. The van der Waals surface area contributed by atoms with Crippen LogP contribution in [0.15, 0.2) is 23.0 Å². The molecule has 132 valence electrons. The van der Waals surface area contributed by atoms with Crippen LogP contribution in [-0.4, -0.2) is 34.1 Å². The van der Waals surface area contributed by atoms with Crippen molar-refractivity contribution in [2.24, 2.45) is 0 Å². The number of ether oxygens (including phenoxy) is 1. The maximum absolute atomic E-state index is 11.7. The Morgan fingerprint density at radius 3 is 2.72 bits per heavy atom. The molecule has 3 heterocycles. The molecular weight excluding hydrogens is 338 g/mol. The van der Waals surface area contributed by atoms with Crippen molar-refractivity contribution in [1.82, 2.24) is 20.3 Å². The van der Waals surface area contributed by atoms with Crippen molar-refractivity contribution in [2.75, 3.05) is 13.2 Å². The van der Waals surface area contributed by atoms with Crippen LogP contribution in [0.5, 0.6) is 0 Å². The molecule has 2 fully saturated rings. The Labute approximate surface area is 150 Å². The Hall–Kier alpha value is -2.24. The lowest BCUT2D eigenvalue weighted by atomic mass is 10.2. The highest BCUT2D eigenvalue weighted by atomic mass is 32.1. The molecule has 2 aliphatic rings. The number of rotatable bonds is 4. The first kappa shape index (κ1) is 17.6. The molecule has 4 rings (SSSR count). The van der Waals surface area contributed by atoms with Crippen molar-refractivity contribution in [3.05, 3.63) is 34.3 Å². The minimum Gasteiger partial charge on any atom is -0.381 e. The zero-order chi connectivity index (χ0) is 17.5.